The molecule has 0 aromatic rings. The lowest BCUT2D eigenvalue weighted by atomic mass is 9.86. The normalized spacial score (nSPS) is 70.0. The Morgan fingerprint density at radius 3 is 3.05 bits per heavy atom. The smallest absolute Gasteiger partial charge is 0.0419 e. The molecule has 20 heavy (non-hydrogen) atoms. The molecule has 5 fully saturated rings. The summed E-state index contributed by atoms with van der Waals surface area (Å²) in [4.78, 5) is 0. The van der Waals surface area contributed by atoms with Crippen LogP contribution in [-0.4, -0.2) is 21.6 Å². The molecule has 8 unspecified atom stereocenters. The molecule has 3 saturated carbocycles. The van der Waals surface area contributed by atoms with E-state index < -0.39 is 0 Å². The fraction of sp³-hybridized carbons (Fsp3) is 0.889. The van der Waals surface area contributed by atoms with Crippen molar-refractivity contribution < 1.29 is 0 Å². The van der Waals surface area contributed by atoms with Crippen LogP contribution in [0, 0.1) is 29.6 Å². The zero-order chi connectivity index (χ0) is 13.1. The SMILES string of the molecule is CC1/C=C/C2SC34CC3CCC3[C@@H]4C34NC4C2CCC1. The third kappa shape index (κ3) is 1.17. The molecule has 9 atom stereocenters. The van der Waals surface area contributed by atoms with Gasteiger partial charge in [-0.1, -0.05) is 25.5 Å². The van der Waals surface area contributed by atoms with Crippen LogP contribution in [0.25, 0.3) is 0 Å². The summed E-state index contributed by atoms with van der Waals surface area (Å²) in [7, 11) is 0. The Bertz CT molecular complexity index is 516. The predicted molar refractivity (Wildman–Crippen MR) is 83.7 cm³/mol. The maximum Gasteiger partial charge on any atom is 0.0419 e. The maximum absolute atomic E-state index is 4.06. The van der Waals surface area contributed by atoms with Gasteiger partial charge in [-0.25, -0.2) is 0 Å². The Hall–Kier alpha value is 0.0500. The van der Waals surface area contributed by atoms with E-state index in [4.69, 9.17) is 0 Å². The van der Waals surface area contributed by atoms with E-state index in [0.29, 0.717) is 5.54 Å². The molecule has 0 amide bonds. The first-order chi connectivity index (χ1) is 9.76. The summed E-state index contributed by atoms with van der Waals surface area (Å²) in [6.07, 6.45) is 14.2. The summed E-state index contributed by atoms with van der Waals surface area (Å²) in [6.45, 7) is 2.40. The van der Waals surface area contributed by atoms with E-state index in [1.54, 1.807) is 19.3 Å². The van der Waals surface area contributed by atoms with Crippen molar-refractivity contribution in [2.24, 2.45) is 29.6 Å². The summed E-state index contributed by atoms with van der Waals surface area (Å²) in [5.41, 5.74) is 0.663. The second-order valence-electron chi connectivity index (χ2n) is 8.61. The van der Waals surface area contributed by atoms with E-state index in [1.807, 2.05) is 0 Å². The molecule has 0 aromatic carbocycles. The molecule has 2 spiro atoms. The van der Waals surface area contributed by atoms with E-state index in [2.05, 4.69) is 36.2 Å². The van der Waals surface area contributed by atoms with Crippen LogP contribution in [0.2, 0.25) is 0 Å². The Morgan fingerprint density at radius 1 is 1.15 bits per heavy atom. The highest BCUT2D eigenvalue weighted by Gasteiger charge is 2.89. The van der Waals surface area contributed by atoms with Crippen molar-refractivity contribution in [3.8, 4) is 0 Å². The number of fused-ring (bicyclic) bond motifs is 2. The number of allylic oxidation sites excluding steroid dienone is 1. The summed E-state index contributed by atoms with van der Waals surface area (Å²) >= 11 is 2.44. The van der Waals surface area contributed by atoms with E-state index >= 15 is 0 Å². The average Bonchev–Trinajstić information content (AvgIpc) is 3.29. The zero-order valence-electron chi connectivity index (χ0n) is 12.3. The van der Waals surface area contributed by atoms with Crippen molar-refractivity contribution in [2.75, 3.05) is 0 Å². The lowest BCUT2D eigenvalue weighted by Crippen LogP contribution is -2.28. The van der Waals surface area contributed by atoms with Crippen molar-refractivity contribution in [3.05, 3.63) is 12.2 Å². The van der Waals surface area contributed by atoms with Gasteiger partial charge in [0.2, 0.25) is 0 Å². The second kappa shape index (κ2) is 3.35. The van der Waals surface area contributed by atoms with Gasteiger partial charge in [-0.3, -0.25) is 0 Å². The maximum atomic E-state index is 4.06. The van der Waals surface area contributed by atoms with Gasteiger partial charge >= 0.3 is 0 Å². The van der Waals surface area contributed by atoms with Gasteiger partial charge in [-0.05, 0) is 61.7 Å². The largest absolute Gasteiger partial charge is 0.304 e. The molecule has 1 N–H and O–H groups in total. The molecule has 2 heteroatoms. The minimum Gasteiger partial charge on any atom is -0.304 e. The Labute approximate surface area is 126 Å². The molecule has 2 saturated heterocycles. The average molecular weight is 287 g/mol. The standard InChI is InChI=1S/C18H25NS/c1-10-3-2-4-12-14(8-5-10)20-17-9-11(17)6-7-13-15(17)18(13)16(12)19-18/h5,8,10-16,19H,2-4,6-7,9H2,1H3/b8-5+/t10?,11?,12?,13?,14?,15-,16?,17?,18?/m0/s1. The van der Waals surface area contributed by atoms with Crippen molar-refractivity contribution >= 4 is 11.8 Å². The van der Waals surface area contributed by atoms with Gasteiger partial charge in [0.05, 0.1) is 0 Å². The monoisotopic (exact) mass is 287 g/mol. The quantitative estimate of drug-likeness (QED) is 0.543. The van der Waals surface area contributed by atoms with Gasteiger partial charge in [0, 0.05) is 21.6 Å². The van der Waals surface area contributed by atoms with E-state index in [9.17, 15) is 0 Å². The molecular formula is C18H25NS. The first kappa shape index (κ1) is 11.6. The van der Waals surface area contributed by atoms with Gasteiger partial charge in [-0.15, -0.1) is 11.8 Å². The molecule has 6 rings (SSSR count). The molecule has 108 valence electrons. The number of hydrogen-bond donors (Lipinski definition) is 1. The molecule has 2 aliphatic heterocycles. The number of hydrogen-bond acceptors (Lipinski definition) is 2. The Kier molecular flexibility index (Phi) is 1.94. The van der Waals surface area contributed by atoms with Crippen LogP contribution >= 0.6 is 11.8 Å². The molecule has 0 aromatic heterocycles. The summed E-state index contributed by atoms with van der Waals surface area (Å²) < 4.78 is 0.733. The lowest BCUT2D eigenvalue weighted by molar-refractivity contribution is 0.421. The van der Waals surface area contributed by atoms with Crippen LogP contribution in [0.1, 0.15) is 45.4 Å². The highest BCUT2D eigenvalue weighted by atomic mass is 32.2. The highest BCUT2D eigenvalue weighted by Crippen LogP contribution is 2.84. The van der Waals surface area contributed by atoms with E-state index in [-0.39, 0.29) is 0 Å². The third-order valence-electron chi connectivity index (χ3n) is 7.74. The fourth-order valence-corrected chi connectivity index (χ4v) is 8.97. The molecule has 4 aliphatic carbocycles. The molecular weight excluding hydrogens is 262 g/mol. The van der Waals surface area contributed by atoms with Crippen LogP contribution in [0.3, 0.4) is 0 Å². The van der Waals surface area contributed by atoms with Crippen molar-refractivity contribution in [1.29, 1.82) is 0 Å². The first-order valence-electron chi connectivity index (χ1n) is 8.89. The van der Waals surface area contributed by atoms with Crippen molar-refractivity contribution in [1.82, 2.24) is 5.32 Å². The molecule has 1 nitrogen and oxygen atoms in total. The number of nitrogens with one attached hydrogen (secondary N) is 1. The Balaban J connectivity index is 1.42. The van der Waals surface area contributed by atoms with Gasteiger partial charge < -0.3 is 5.32 Å². The Morgan fingerprint density at radius 2 is 2.10 bits per heavy atom. The molecule has 2 heterocycles. The van der Waals surface area contributed by atoms with Crippen LogP contribution < -0.4 is 5.32 Å². The summed E-state index contributed by atoms with van der Waals surface area (Å²) in [5, 5.41) is 4.88. The van der Waals surface area contributed by atoms with Crippen LogP contribution in [0.4, 0.5) is 0 Å². The van der Waals surface area contributed by atoms with Crippen molar-refractivity contribution in [2.45, 2.75) is 67.0 Å². The summed E-state index contributed by atoms with van der Waals surface area (Å²) in [6, 6.07) is 0.895. The topological polar surface area (TPSA) is 21.9 Å². The highest BCUT2D eigenvalue weighted by molar-refractivity contribution is 8.01. The van der Waals surface area contributed by atoms with Crippen LogP contribution in [0.15, 0.2) is 12.2 Å². The minimum atomic E-state index is 0.663. The van der Waals surface area contributed by atoms with Gasteiger partial charge in [0.25, 0.3) is 0 Å². The van der Waals surface area contributed by atoms with Gasteiger partial charge in [-0.2, -0.15) is 0 Å². The van der Waals surface area contributed by atoms with Crippen LogP contribution in [-0.2, 0) is 0 Å². The molecule has 6 aliphatic rings. The first-order valence-corrected chi connectivity index (χ1v) is 9.77. The second-order valence-corrected chi connectivity index (χ2v) is 10.2. The molecule has 0 radical (unpaired) electrons. The van der Waals surface area contributed by atoms with E-state index in [0.717, 1.165) is 45.6 Å². The molecule has 0 bridgehead atoms. The van der Waals surface area contributed by atoms with Gasteiger partial charge in [0.1, 0.15) is 0 Å². The third-order valence-corrected chi connectivity index (χ3v) is 9.71. The van der Waals surface area contributed by atoms with Gasteiger partial charge in [0.15, 0.2) is 0 Å². The predicted octanol–water partition coefficient (Wildman–Crippen LogP) is 3.60. The number of thioether (sulfide) groups is 1. The van der Waals surface area contributed by atoms with Crippen molar-refractivity contribution in [3.63, 3.8) is 0 Å². The number of rotatable bonds is 0. The zero-order valence-corrected chi connectivity index (χ0v) is 13.2. The lowest BCUT2D eigenvalue weighted by Gasteiger charge is -2.31. The van der Waals surface area contributed by atoms with Crippen LogP contribution in [0.5, 0.6) is 0 Å². The van der Waals surface area contributed by atoms with E-state index in [1.165, 1.54) is 19.3 Å². The summed E-state index contributed by atoms with van der Waals surface area (Å²) in [5.74, 6) is 4.99. The fourth-order valence-electron chi connectivity index (χ4n) is 6.71. The minimum absolute atomic E-state index is 0.663.